The van der Waals surface area contributed by atoms with Crippen LogP contribution in [-0.2, 0) is 45.2 Å². The number of rotatable bonds is 18. The summed E-state index contributed by atoms with van der Waals surface area (Å²) in [4.78, 5) is 162. The Balaban J connectivity index is 0.842. The third-order valence-corrected chi connectivity index (χ3v) is 17.5. The molecule has 4 aromatic carbocycles. The summed E-state index contributed by atoms with van der Waals surface area (Å²) in [5.41, 5.74) is 7.62. The Morgan fingerprint density at radius 1 is 0.774 bits per heavy atom. The second-order valence-corrected chi connectivity index (χ2v) is 23.6. The SMILES string of the molecule is Cn1c(=O)n(C2CCC(=O)NC2=O)c2ccc(C3CCN(CCC(=O)N4CC[C@H]5CC[C@@H](C(=O)N[C@@H](CCC(N)=O)C(=O)NC(c6ccccc6)c6ccccc6)N5C(=O)[C@@H](NC(=O)c5cc6cc(C(=O)P(=O)(O)O)ccc6[nH]5)C4)CC3)cc21. The molecule has 10 rings (SSSR count). The zero-order valence-electron chi connectivity index (χ0n) is 46.1. The predicted molar refractivity (Wildman–Crippen MR) is 306 cm³/mol. The number of H-pyrrole nitrogens is 1. The number of carbonyl (C=O) groups excluding carboxylic acids is 9. The summed E-state index contributed by atoms with van der Waals surface area (Å²) in [6.45, 7) is 1.62. The summed E-state index contributed by atoms with van der Waals surface area (Å²) < 4.78 is 14.8. The zero-order valence-corrected chi connectivity index (χ0v) is 47.0. The number of likely N-dealkylation sites (tertiary alicyclic amines) is 1. The van der Waals surface area contributed by atoms with E-state index in [1.54, 1.807) is 11.9 Å². The molecule has 4 aliphatic heterocycles. The lowest BCUT2D eigenvalue weighted by Gasteiger charge is -2.39. The number of aryl methyl sites for hydroxylation is 1. The van der Waals surface area contributed by atoms with Crippen LogP contribution in [0.15, 0.2) is 108 Å². The monoisotopic (exact) mass is 1170 g/mol. The van der Waals surface area contributed by atoms with Crippen molar-refractivity contribution >= 4 is 82.3 Å². The van der Waals surface area contributed by atoms with Crippen LogP contribution in [0.4, 0.5) is 0 Å². The lowest BCUT2D eigenvalue weighted by atomic mass is 9.89. The van der Waals surface area contributed by atoms with E-state index < -0.39 is 84.8 Å². The molecule has 2 aromatic heterocycles. The molecule has 4 fully saturated rings. The Kier molecular flexibility index (Phi) is 17.2. The summed E-state index contributed by atoms with van der Waals surface area (Å²) in [5.74, 6) is -4.40. The summed E-state index contributed by atoms with van der Waals surface area (Å²) in [6.07, 6.45) is 2.38. The number of amides is 8. The van der Waals surface area contributed by atoms with Gasteiger partial charge in [0.2, 0.25) is 41.4 Å². The molecule has 0 bridgehead atoms. The number of hydrogen-bond donors (Lipinski definition) is 8. The number of piperidine rings is 2. The predicted octanol–water partition coefficient (Wildman–Crippen LogP) is 2.73. The van der Waals surface area contributed by atoms with Gasteiger partial charge in [-0.25, -0.2) is 4.79 Å². The minimum Gasteiger partial charge on any atom is -0.370 e. The average Bonchev–Trinajstić information content (AvgIpc) is 2.53. The fourth-order valence-corrected chi connectivity index (χ4v) is 12.7. The molecule has 4 aliphatic rings. The third kappa shape index (κ3) is 12.7. The first-order chi connectivity index (χ1) is 40.2. The van der Waals surface area contributed by atoms with E-state index in [0.717, 1.165) is 29.5 Å². The molecule has 5 atom stereocenters. The molecular weight excluding hydrogens is 1100 g/mol. The topological polar surface area (TPSA) is 338 Å². The molecule has 8 amide bonds. The smallest absolute Gasteiger partial charge is 0.370 e. The van der Waals surface area contributed by atoms with Crippen molar-refractivity contribution in [1.82, 2.24) is 50.1 Å². The van der Waals surface area contributed by atoms with E-state index in [1.807, 2.05) is 78.9 Å². The van der Waals surface area contributed by atoms with E-state index in [2.05, 4.69) is 31.2 Å². The first-order valence-electron chi connectivity index (χ1n) is 28.1. The van der Waals surface area contributed by atoms with Crippen molar-refractivity contribution in [3.63, 3.8) is 0 Å². The van der Waals surface area contributed by atoms with Gasteiger partial charge in [-0.15, -0.1) is 0 Å². The normalized spacial score (nSPS) is 20.3. The van der Waals surface area contributed by atoms with Crippen LogP contribution in [0, 0.1) is 0 Å². The van der Waals surface area contributed by atoms with Gasteiger partial charge in [0.25, 0.3) is 11.4 Å². The number of nitrogens with two attached hydrogens (primary N) is 1. The highest BCUT2D eigenvalue weighted by Crippen LogP contribution is 2.40. The van der Waals surface area contributed by atoms with Crippen LogP contribution >= 0.6 is 7.60 Å². The molecule has 25 heteroatoms. The van der Waals surface area contributed by atoms with E-state index in [0.29, 0.717) is 49.0 Å². The molecule has 6 aromatic rings. The third-order valence-electron chi connectivity index (χ3n) is 16.7. The molecule has 9 N–H and O–H groups in total. The molecule has 6 heterocycles. The summed E-state index contributed by atoms with van der Waals surface area (Å²) in [5, 5.41) is 11.3. The molecule has 440 valence electrons. The van der Waals surface area contributed by atoms with Crippen molar-refractivity contribution in [3.8, 4) is 0 Å². The second-order valence-electron chi connectivity index (χ2n) is 22.1. The van der Waals surface area contributed by atoms with E-state index in [-0.39, 0.29) is 91.7 Å². The Labute approximate surface area is 481 Å². The van der Waals surface area contributed by atoms with Crippen LogP contribution in [0.5, 0.6) is 0 Å². The lowest BCUT2D eigenvalue weighted by molar-refractivity contribution is -0.145. The maximum atomic E-state index is 15.1. The van der Waals surface area contributed by atoms with Gasteiger partial charge in [0.15, 0.2) is 0 Å². The van der Waals surface area contributed by atoms with E-state index in [1.165, 1.54) is 38.3 Å². The first-order valence-corrected chi connectivity index (χ1v) is 29.7. The number of imidazole rings is 1. The van der Waals surface area contributed by atoms with Crippen molar-refractivity contribution in [1.29, 1.82) is 0 Å². The number of nitrogens with zero attached hydrogens (tertiary/aromatic N) is 5. The Hall–Kier alpha value is -8.57. The van der Waals surface area contributed by atoms with Crippen molar-refractivity contribution in [2.75, 3.05) is 32.7 Å². The summed E-state index contributed by atoms with van der Waals surface area (Å²) in [6, 6.07) is 23.6. The number of aromatic nitrogens is 3. The molecular formula is C59H66N11O13P. The number of aromatic amines is 1. The lowest BCUT2D eigenvalue weighted by Crippen LogP contribution is -2.62. The number of fused-ring (bicyclic) bond motifs is 3. The standard InChI is InChI=1S/C59H66N11O13P/c1-66-48-32-37(13-17-45(48)70(59(66)80)47-19-21-50(72)64-56(47)77)34-22-26-67(27-23-34)28-25-51(73)68-29-24-40-14-18-46(55(76)62-42(16-20-49(60)71)53(74)65-52(35-8-4-2-5-9-35)36-10-6-3-7-11-36)69(40)57(78)44(33-68)63-54(75)43-31-39-30-38(12-15-41(39)61-43)58(79)84(81,82)83/h2-13,15,17,30-32,34,40,42,44,46-47,52,61H,14,16,18-29,33H2,1H3,(H2,60,71)(H,62,76)(H,63,75)(H,65,74)(H,64,72,77)(H2,81,82,83)/t40-,42+,44+,46+,47?/m1/s1. The number of imide groups is 1. The minimum absolute atomic E-state index is 0.0728. The second kappa shape index (κ2) is 24.7. The van der Waals surface area contributed by atoms with E-state index >= 15 is 4.79 Å². The molecule has 84 heavy (non-hydrogen) atoms. The van der Waals surface area contributed by atoms with Crippen molar-refractivity contribution in [3.05, 3.63) is 142 Å². The van der Waals surface area contributed by atoms with Crippen LogP contribution in [-0.4, -0.2) is 148 Å². The van der Waals surface area contributed by atoms with Gasteiger partial charge in [-0.2, -0.15) is 0 Å². The van der Waals surface area contributed by atoms with Gasteiger partial charge in [-0.3, -0.25) is 62.2 Å². The molecule has 1 unspecified atom stereocenters. The average molecular weight is 1170 g/mol. The zero-order chi connectivity index (χ0) is 59.6. The number of nitrogens with one attached hydrogen (secondary N) is 5. The van der Waals surface area contributed by atoms with Crippen LogP contribution in [0.3, 0.4) is 0 Å². The van der Waals surface area contributed by atoms with Crippen molar-refractivity contribution < 1.29 is 57.5 Å². The number of carbonyl (C=O) groups is 9. The maximum absolute atomic E-state index is 15.1. The van der Waals surface area contributed by atoms with Gasteiger partial charge in [-0.1, -0.05) is 66.7 Å². The maximum Gasteiger partial charge on any atom is 0.396 e. The fourth-order valence-electron chi connectivity index (χ4n) is 12.2. The number of hydrogen-bond acceptors (Lipinski definition) is 12. The van der Waals surface area contributed by atoms with Crippen LogP contribution in [0.1, 0.15) is 120 Å². The van der Waals surface area contributed by atoms with Crippen LogP contribution in [0.25, 0.3) is 21.9 Å². The van der Waals surface area contributed by atoms with Crippen LogP contribution < -0.4 is 32.7 Å². The van der Waals surface area contributed by atoms with Crippen LogP contribution in [0.2, 0.25) is 0 Å². The molecule has 0 radical (unpaired) electrons. The largest absolute Gasteiger partial charge is 0.396 e. The van der Waals surface area contributed by atoms with E-state index in [9.17, 15) is 57.5 Å². The quantitative estimate of drug-likeness (QED) is 0.0454. The molecule has 0 saturated carbocycles. The summed E-state index contributed by atoms with van der Waals surface area (Å²) >= 11 is 0. The Morgan fingerprint density at radius 2 is 1.48 bits per heavy atom. The highest BCUT2D eigenvalue weighted by molar-refractivity contribution is 7.70. The number of benzene rings is 4. The van der Waals surface area contributed by atoms with Gasteiger partial charge >= 0.3 is 13.3 Å². The Bertz CT molecular complexity index is 3640. The Morgan fingerprint density at radius 3 is 2.14 bits per heavy atom. The highest BCUT2D eigenvalue weighted by atomic mass is 31.2. The van der Waals surface area contributed by atoms with Crippen molar-refractivity contribution in [2.45, 2.75) is 106 Å². The highest BCUT2D eigenvalue weighted by Gasteiger charge is 2.46. The van der Waals surface area contributed by atoms with Crippen molar-refractivity contribution in [2.24, 2.45) is 12.8 Å². The summed E-state index contributed by atoms with van der Waals surface area (Å²) in [7, 11) is -3.48. The molecule has 24 nitrogen and oxygen atoms in total. The van der Waals surface area contributed by atoms with Gasteiger partial charge in [0, 0.05) is 68.5 Å². The van der Waals surface area contributed by atoms with Gasteiger partial charge in [-0.05, 0) is 117 Å². The molecule has 4 saturated heterocycles. The molecule has 0 spiro atoms. The fraction of sp³-hybridized carbons (Fsp3) is 0.390. The first kappa shape index (κ1) is 58.6. The van der Waals surface area contributed by atoms with E-state index in [4.69, 9.17) is 5.73 Å². The molecule has 0 aliphatic carbocycles. The van der Waals surface area contributed by atoms with Gasteiger partial charge < -0.3 is 51.2 Å². The van der Waals surface area contributed by atoms with Gasteiger partial charge in [0.1, 0.15) is 29.9 Å². The minimum atomic E-state index is -5.13. The number of primary amides is 1. The van der Waals surface area contributed by atoms with Gasteiger partial charge in [0.05, 0.1) is 17.1 Å².